The zero-order valence-electron chi connectivity index (χ0n) is 18.4. The van der Waals surface area contributed by atoms with Gasteiger partial charge in [0.15, 0.2) is 0 Å². The number of hydrogen-bond acceptors (Lipinski definition) is 4. The number of hydrogen-bond donors (Lipinski definition) is 4. The number of benzene rings is 3. The Labute approximate surface area is 229 Å². The summed E-state index contributed by atoms with van der Waals surface area (Å²) in [6, 6.07) is 11.0. The molecule has 0 aliphatic heterocycles. The average Bonchev–Trinajstić information content (AvgIpc) is 2.68. The fourth-order valence-corrected chi connectivity index (χ4v) is 6.44. The van der Waals surface area contributed by atoms with Gasteiger partial charge < -0.3 is 20.4 Å². The summed E-state index contributed by atoms with van der Waals surface area (Å²) < 4.78 is 2.23. The molecule has 4 nitrogen and oxygen atoms in total. The van der Waals surface area contributed by atoms with Crippen molar-refractivity contribution >= 4 is 67.8 Å². The number of rotatable bonds is 4. The van der Waals surface area contributed by atoms with Crippen molar-refractivity contribution in [1.29, 1.82) is 0 Å². The Balaban J connectivity index is 2.22. The van der Waals surface area contributed by atoms with E-state index in [-0.39, 0.29) is 23.0 Å². The second-order valence-electron chi connectivity index (χ2n) is 9.05. The first kappa shape index (κ1) is 25.7. The van der Waals surface area contributed by atoms with Gasteiger partial charge in [-0.3, -0.25) is 0 Å². The lowest BCUT2D eigenvalue weighted by Gasteiger charge is -2.32. The quantitative estimate of drug-likeness (QED) is 0.211. The van der Waals surface area contributed by atoms with Crippen molar-refractivity contribution in [1.82, 2.24) is 0 Å². The molecule has 0 aliphatic carbocycles. The highest BCUT2D eigenvalue weighted by Crippen LogP contribution is 2.46. The molecular weight excluding hydrogens is 745 g/mol. The van der Waals surface area contributed by atoms with Crippen molar-refractivity contribution < 1.29 is 20.4 Å². The lowest BCUT2D eigenvalue weighted by molar-refractivity contribution is 0.424. The molecule has 0 unspecified atom stereocenters. The van der Waals surface area contributed by atoms with E-state index in [1.54, 1.807) is 0 Å². The largest absolute Gasteiger partial charge is 0.507 e. The van der Waals surface area contributed by atoms with Crippen LogP contribution in [0.5, 0.6) is 23.0 Å². The second kappa shape index (κ2) is 9.01. The molecule has 0 saturated heterocycles. The van der Waals surface area contributed by atoms with Gasteiger partial charge in [0.05, 0.1) is 10.7 Å². The predicted molar refractivity (Wildman–Crippen MR) is 153 cm³/mol. The third-order valence-electron chi connectivity index (χ3n) is 6.17. The Bertz CT molecular complexity index is 1080. The molecule has 0 atom stereocenters. The number of halogens is 3. The molecule has 0 bridgehead atoms. The van der Waals surface area contributed by atoms with Gasteiger partial charge in [0, 0.05) is 28.0 Å². The van der Waals surface area contributed by atoms with E-state index in [1.807, 2.05) is 65.0 Å². The van der Waals surface area contributed by atoms with Crippen molar-refractivity contribution in [3.8, 4) is 23.0 Å². The molecule has 170 valence electrons. The van der Waals surface area contributed by atoms with E-state index < -0.39 is 10.8 Å². The first-order valence-corrected chi connectivity index (χ1v) is 13.2. The van der Waals surface area contributed by atoms with E-state index in [0.29, 0.717) is 11.1 Å². The van der Waals surface area contributed by atoms with Gasteiger partial charge >= 0.3 is 0 Å². The van der Waals surface area contributed by atoms with Crippen LogP contribution >= 0.6 is 67.8 Å². The molecular formula is C25H25I3O4. The normalized spacial score (nSPS) is 12.2. The zero-order valence-corrected chi connectivity index (χ0v) is 24.9. The second-order valence-corrected chi connectivity index (χ2v) is 12.5. The maximum absolute atomic E-state index is 10.8. The lowest BCUT2D eigenvalue weighted by Crippen LogP contribution is -2.24. The number of aromatic hydroxyl groups is 4. The predicted octanol–water partition coefficient (Wildman–Crippen LogP) is 7.28. The highest BCUT2D eigenvalue weighted by molar-refractivity contribution is 14.1. The highest BCUT2D eigenvalue weighted by atomic mass is 127. The van der Waals surface area contributed by atoms with Crippen LogP contribution in [0.4, 0.5) is 0 Å². The summed E-state index contributed by atoms with van der Waals surface area (Å²) in [5, 5.41) is 42.0. The molecule has 0 radical (unpaired) electrons. The van der Waals surface area contributed by atoms with Crippen LogP contribution in [0.2, 0.25) is 0 Å². The van der Waals surface area contributed by atoms with Crippen LogP contribution in [-0.4, -0.2) is 20.4 Å². The Kier molecular flexibility index (Phi) is 7.23. The monoisotopic (exact) mass is 770 g/mol. The Morgan fingerprint density at radius 2 is 0.938 bits per heavy atom. The van der Waals surface area contributed by atoms with Crippen molar-refractivity contribution in [2.24, 2.45) is 0 Å². The molecule has 0 aromatic heterocycles. The summed E-state index contributed by atoms with van der Waals surface area (Å²) in [5.74, 6) is 0.544. The van der Waals surface area contributed by atoms with E-state index in [2.05, 4.69) is 67.8 Å². The van der Waals surface area contributed by atoms with Crippen LogP contribution in [0, 0.1) is 17.6 Å². The summed E-state index contributed by atoms with van der Waals surface area (Å²) >= 11 is 6.32. The summed E-state index contributed by atoms with van der Waals surface area (Å²) in [5.41, 5.74) is 2.86. The molecule has 0 amide bonds. The molecule has 0 saturated carbocycles. The van der Waals surface area contributed by atoms with Crippen LogP contribution in [0.1, 0.15) is 55.5 Å². The van der Waals surface area contributed by atoms with Gasteiger partial charge in [0.25, 0.3) is 0 Å². The first-order valence-electron chi connectivity index (χ1n) is 9.93. The Hall–Kier alpha value is -0.950. The number of aryl methyl sites for hydroxylation is 1. The molecule has 3 rings (SSSR count). The van der Waals surface area contributed by atoms with Gasteiger partial charge in [-0.25, -0.2) is 0 Å². The van der Waals surface area contributed by atoms with E-state index in [9.17, 15) is 20.4 Å². The van der Waals surface area contributed by atoms with Crippen molar-refractivity contribution in [2.75, 3.05) is 0 Å². The van der Waals surface area contributed by atoms with E-state index in [0.717, 1.165) is 27.4 Å². The first-order chi connectivity index (χ1) is 14.7. The van der Waals surface area contributed by atoms with Crippen molar-refractivity contribution in [3.05, 3.63) is 74.9 Å². The van der Waals surface area contributed by atoms with Gasteiger partial charge in [0.2, 0.25) is 0 Å². The molecule has 32 heavy (non-hydrogen) atoms. The summed E-state index contributed by atoms with van der Waals surface area (Å²) in [6.45, 7) is 9.93. The molecule has 7 heteroatoms. The van der Waals surface area contributed by atoms with Gasteiger partial charge in [-0.1, -0.05) is 33.8 Å². The Morgan fingerprint density at radius 3 is 1.34 bits per heavy atom. The Morgan fingerprint density at radius 1 is 0.562 bits per heavy atom. The molecule has 0 aliphatic rings. The van der Waals surface area contributed by atoms with Gasteiger partial charge in [-0.15, -0.1) is 0 Å². The molecule has 0 fully saturated rings. The molecule has 3 aromatic rings. The zero-order chi connectivity index (χ0) is 24.2. The maximum atomic E-state index is 10.8. The third kappa shape index (κ3) is 4.53. The smallest absolute Gasteiger partial charge is 0.142 e. The van der Waals surface area contributed by atoms with Gasteiger partial charge in [-0.2, -0.15) is 0 Å². The van der Waals surface area contributed by atoms with Crippen molar-refractivity contribution in [3.63, 3.8) is 0 Å². The summed E-state index contributed by atoms with van der Waals surface area (Å²) in [4.78, 5) is 0. The summed E-state index contributed by atoms with van der Waals surface area (Å²) in [7, 11) is 0. The van der Waals surface area contributed by atoms with Crippen molar-refractivity contribution in [2.45, 2.75) is 45.4 Å². The topological polar surface area (TPSA) is 80.9 Å². The van der Waals surface area contributed by atoms with Gasteiger partial charge in [-0.05, 0) is 116 Å². The summed E-state index contributed by atoms with van der Waals surface area (Å²) in [6.07, 6.45) is 0. The fourth-order valence-electron chi connectivity index (χ4n) is 3.91. The van der Waals surface area contributed by atoms with Crippen LogP contribution in [0.15, 0.2) is 36.4 Å². The van der Waals surface area contributed by atoms with Crippen LogP contribution < -0.4 is 0 Å². The number of phenols is 4. The minimum absolute atomic E-state index is 0.0154. The molecule has 3 aromatic carbocycles. The van der Waals surface area contributed by atoms with E-state index >= 15 is 0 Å². The highest BCUT2D eigenvalue weighted by Gasteiger charge is 2.33. The minimum Gasteiger partial charge on any atom is -0.507 e. The van der Waals surface area contributed by atoms with Gasteiger partial charge in [0.1, 0.15) is 23.0 Å². The lowest BCUT2D eigenvalue weighted by atomic mass is 9.72. The molecule has 0 heterocycles. The van der Waals surface area contributed by atoms with Crippen LogP contribution in [-0.2, 0) is 10.8 Å². The maximum Gasteiger partial charge on any atom is 0.142 e. The fraction of sp³-hybridized carbons (Fsp3) is 0.280. The SMILES string of the molecule is Cc1cc(C(C)(C)c2cc(C(C)(C)c3cc(I)c(O)c(I)c3)c(O)cc2O)cc(I)c1O. The minimum atomic E-state index is -0.588. The van der Waals surface area contributed by atoms with E-state index in [4.69, 9.17) is 0 Å². The molecule has 4 N–H and O–H groups in total. The standard InChI is InChI=1S/C25H25I3O4/c1-12-6-13(7-17(26)22(12)31)24(2,3)15-10-16(21(30)11-20(15)29)25(4,5)14-8-18(27)23(32)19(28)9-14/h6-11,29-32H,1-5H3. The van der Waals surface area contributed by atoms with E-state index in [1.165, 1.54) is 6.07 Å². The number of phenolic OH excluding ortho intramolecular Hbond substituents is 4. The third-order valence-corrected chi connectivity index (χ3v) is 8.64. The van der Waals surface area contributed by atoms with Crippen LogP contribution in [0.25, 0.3) is 0 Å². The average molecular weight is 770 g/mol. The van der Waals surface area contributed by atoms with Crippen LogP contribution in [0.3, 0.4) is 0 Å². The molecule has 0 spiro atoms.